The van der Waals surface area contributed by atoms with E-state index in [1.807, 2.05) is 0 Å². The normalized spacial score (nSPS) is 16.4. The second kappa shape index (κ2) is 5.15. The first-order valence-electron chi connectivity index (χ1n) is 8.49. The van der Waals surface area contributed by atoms with Crippen LogP contribution in [0.3, 0.4) is 0 Å². The molecule has 0 saturated carbocycles. The quantitative estimate of drug-likeness (QED) is 0.790. The summed E-state index contributed by atoms with van der Waals surface area (Å²) in [4.78, 5) is 0. The van der Waals surface area contributed by atoms with Gasteiger partial charge in [-0.3, -0.25) is 0 Å². The average Bonchev–Trinajstić information content (AvgIpc) is 3.11. The molecule has 5 nitrogen and oxygen atoms in total. The zero-order chi connectivity index (χ0) is 17.1. The third-order valence-electron chi connectivity index (χ3n) is 5.45. The molecule has 0 atom stereocenters. The summed E-state index contributed by atoms with van der Waals surface area (Å²) in [5.74, 6) is 3.19. The molecule has 0 bridgehead atoms. The maximum Gasteiger partial charge on any atom is 0.231 e. The Hall–Kier alpha value is -2.69. The van der Waals surface area contributed by atoms with Crippen molar-refractivity contribution in [3.8, 4) is 34.1 Å². The van der Waals surface area contributed by atoms with E-state index in [4.69, 9.17) is 18.9 Å². The lowest BCUT2D eigenvalue weighted by Gasteiger charge is -2.27. The van der Waals surface area contributed by atoms with Crippen LogP contribution in [0.15, 0.2) is 18.2 Å². The molecule has 0 radical (unpaired) electrons. The van der Waals surface area contributed by atoms with Gasteiger partial charge in [-0.1, -0.05) is 0 Å². The third-order valence-corrected chi connectivity index (χ3v) is 5.45. The molecule has 128 valence electrons. The number of fused-ring (bicyclic) bond motifs is 4. The lowest BCUT2D eigenvalue weighted by molar-refractivity contribution is -0.498. The smallest absolute Gasteiger partial charge is 0.231 e. The van der Waals surface area contributed by atoms with E-state index in [1.54, 1.807) is 14.2 Å². The minimum Gasteiger partial charge on any atom is -0.493 e. The van der Waals surface area contributed by atoms with Crippen LogP contribution in [0.4, 0.5) is 0 Å². The second-order valence-electron chi connectivity index (χ2n) is 6.68. The number of benzene rings is 2. The summed E-state index contributed by atoms with van der Waals surface area (Å²) < 4.78 is 25.0. The van der Waals surface area contributed by atoms with E-state index in [0.29, 0.717) is 0 Å². The highest BCUT2D eigenvalue weighted by Gasteiger charge is 2.38. The van der Waals surface area contributed by atoms with Crippen molar-refractivity contribution in [2.24, 2.45) is 0 Å². The first-order chi connectivity index (χ1) is 12.2. The zero-order valence-electron chi connectivity index (χ0n) is 14.6. The van der Waals surface area contributed by atoms with Gasteiger partial charge in [-0.2, -0.15) is 0 Å². The molecule has 2 heterocycles. The molecule has 0 fully saturated rings. The van der Waals surface area contributed by atoms with Gasteiger partial charge in [-0.25, -0.2) is 4.58 Å². The van der Waals surface area contributed by atoms with Crippen LogP contribution in [0.2, 0.25) is 0 Å². The van der Waals surface area contributed by atoms with Crippen LogP contribution >= 0.6 is 0 Å². The Labute approximate surface area is 146 Å². The van der Waals surface area contributed by atoms with Crippen molar-refractivity contribution in [3.05, 3.63) is 34.9 Å². The van der Waals surface area contributed by atoms with Crippen molar-refractivity contribution >= 4 is 5.71 Å². The summed E-state index contributed by atoms with van der Waals surface area (Å²) in [6.45, 7) is 1.29. The maximum absolute atomic E-state index is 5.86. The van der Waals surface area contributed by atoms with Crippen LogP contribution in [0.25, 0.3) is 11.1 Å². The summed E-state index contributed by atoms with van der Waals surface area (Å²) in [5, 5.41) is 0. The molecule has 5 heteroatoms. The first kappa shape index (κ1) is 14.6. The van der Waals surface area contributed by atoms with Gasteiger partial charge in [0, 0.05) is 12.0 Å². The number of methoxy groups -OCH3 is 2. The van der Waals surface area contributed by atoms with Crippen molar-refractivity contribution in [2.75, 3.05) is 34.6 Å². The van der Waals surface area contributed by atoms with Crippen molar-refractivity contribution < 1.29 is 23.5 Å². The highest BCUT2D eigenvalue weighted by atomic mass is 16.7. The maximum atomic E-state index is 5.86. The number of likely N-dealkylation sites (N-methyl/N-ethyl adjacent to an activating group) is 1. The zero-order valence-corrected chi connectivity index (χ0v) is 14.6. The fourth-order valence-electron chi connectivity index (χ4n) is 4.20. The van der Waals surface area contributed by atoms with Crippen molar-refractivity contribution in [1.82, 2.24) is 0 Å². The SMILES string of the molecule is COc1cc2c(cc1OC)-c1c3c(cc4c1C(=[N+](C)CC4)C2)OCO3. The highest BCUT2D eigenvalue weighted by molar-refractivity contribution is 6.11. The number of ether oxygens (including phenoxy) is 4. The van der Waals surface area contributed by atoms with Gasteiger partial charge in [0.2, 0.25) is 6.79 Å². The van der Waals surface area contributed by atoms with E-state index in [9.17, 15) is 0 Å². The third kappa shape index (κ3) is 1.92. The van der Waals surface area contributed by atoms with Crippen LogP contribution in [0, 0.1) is 0 Å². The fourth-order valence-corrected chi connectivity index (χ4v) is 4.20. The Bertz CT molecular complexity index is 945. The minimum atomic E-state index is 0.277. The van der Waals surface area contributed by atoms with Crippen LogP contribution in [0.1, 0.15) is 16.7 Å². The van der Waals surface area contributed by atoms with Crippen molar-refractivity contribution in [3.63, 3.8) is 0 Å². The highest BCUT2D eigenvalue weighted by Crippen LogP contribution is 2.51. The Kier molecular flexibility index (Phi) is 3.02. The molecule has 5 rings (SSSR count). The van der Waals surface area contributed by atoms with E-state index >= 15 is 0 Å². The van der Waals surface area contributed by atoms with Gasteiger partial charge in [-0.05, 0) is 34.9 Å². The summed E-state index contributed by atoms with van der Waals surface area (Å²) in [7, 11) is 5.51. The monoisotopic (exact) mass is 338 g/mol. The molecule has 25 heavy (non-hydrogen) atoms. The molecule has 0 saturated heterocycles. The molecule has 0 N–H and O–H groups in total. The van der Waals surface area contributed by atoms with Gasteiger partial charge in [0.25, 0.3) is 0 Å². The molecular formula is C20H20NO4+. The Balaban J connectivity index is 1.88. The molecule has 2 aromatic rings. The van der Waals surface area contributed by atoms with Gasteiger partial charge in [0.1, 0.15) is 13.6 Å². The number of hydrogen-bond acceptors (Lipinski definition) is 4. The second-order valence-corrected chi connectivity index (χ2v) is 6.68. The average molecular weight is 338 g/mol. The molecule has 0 unspecified atom stereocenters. The van der Waals surface area contributed by atoms with E-state index in [2.05, 4.69) is 29.8 Å². The Morgan fingerprint density at radius 3 is 2.56 bits per heavy atom. The van der Waals surface area contributed by atoms with E-state index in [1.165, 1.54) is 22.4 Å². The lowest BCUT2D eigenvalue weighted by atomic mass is 9.79. The Morgan fingerprint density at radius 1 is 0.960 bits per heavy atom. The fraction of sp³-hybridized carbons (Fsp3) is 0.350. The molecule has 3 aliphatic rings. The molecule has 2 aliphatic heterocycles. The van der Waals surface area contributed by atoms with Gasteiger partial charge in [0.15, 0.2) is 28.7 Å². The van der Waals surface area contributed by atoms with E-state index in [0.717, 1.165) is 53.5 Å². The summed E-state index contributed by atoms with van der Waals surface area (Å²) in [6, 6.07) is 6.30. The minimum absolute atomic E-state index is 0.277. The van der Waals surface area contributed by atoms with Gasteiger partial charge in [-0.15, -0.1) is 0 Å². The van der Waals surface area contributed by atoms with E-state index < -0.39 is 0 Å². The topological polar surface area (TPSA) is 39.9 Å². The largest absolute Gasteiger partial charge is 0.493 e. The molecule has 0 spiro atoms. The summed E-state index contributed by atoms with van der Waals surface area (Å²) in [5.41, 5.74) is 7.49. The number of rotatable bonds is 2. The molecule has 2 aromatic carbocycles. The number of nitrogens with zero attached hydrogens (tertiary/aromatic N) is 1. The predicted octanol–water partition coefficient (Wildman–Crippen LogP) is 2.64. The van der Waals surface area contributed by atoms with Crippen LogP contribution in [0.5, 0.6) is 23.0 Å². The molecule has 0 aromatic heterocycles. The van der Waals surface area contributed by atoms with Crippen LogP contribution in [-0.4, -0.2) is 44.9 Å². The summed E-state index contributed by atoms with van der Waals surface area (Å²) >= 11 is 0. The van der Waals surface area contributed by atoms with E-state index in [-0.39, 0.29) is 6.79 Å². The molecular weight excluding hydrogens is 318 g/mol. The first-order valence-corrected chi connectivity index (χ1v) is 8.49. The standard InChI is InChI=1S/C20H20NO4/c1-21-5-4-11-7-17-20(25-10-24-17)19-13-9-16(23-3)15(22-2)8-12(13)6-14(21)18(11)19/h7-9H,4-6,10H2,1-3H3/q+1. The predicted molar refractivity (Wildman–Crippen MR) is 93.7 cm³/mol. The van der Waals surface area contributed by atoms with Crippen molar-refractivity contribution in [2.45, 2.75) is 12.8 Å². The van der Waals surface area contributed by atoms with Crippen LogP contribution < -0.4 is 18.9 Å². The van der Waals surface area contributed by atoms with Crippen LogP contribution in [-0.2, 0) is 12.8 Å². The van der Waals surface area contributed by atoms with Gasteiger partial charge in [0.05, 0.1) is 26.2 Å². The Morgan fingerprint density at radius 2 is 1.76 bits per heavy atom. The van der Waals surface area contributed by atoms with Gasteiger partial charge >= 0.3 is 0 Å². The lowest BCUT2D eigenvalue weighted by Crippen LogP contribution is -2.31. The van der Waals surface area contributed by atoms with Crippen molar-refractivity contribution in [1.29, 1.82) is 0 Å². The van der Waals surface area contributed by atoms with Gasteiger partial charge < -0.3 is 18.9 Å². The summed E-state index contributed by atoms with van der Waals surface area (Å²) in [6.07, 6.45) is 1.90. The molecule has 0 amide bonds. The molecule has 1 aliphatic carbocycles. The number of hydrogen-bond donors (Lipinski definition) is 0.